The SMILES string of the molecule is CCCCC[C@H](C)C(=O)CP(=O)(OC)OC. The largest absolute Gasteiger partial charge is 0.337 e. The summed E-state index contributed by atoms with van der Waals surface area (Å²) in [4.78, 5) is 11.7. The van der Waals surface area contributed by atoms with E-state index >= 15 is 0 Å². The Morgan fingerprint density at radius 1 is 1.25 bits per heavy atom. The van der Waals surface area contributed by atoms with E-state index in [4.69, 9.17) is 9.05 Å². The molecule has 4 nitrogen and oxygen atoms in total. The van der Waals surface area contributed by atoms with Crippen molar-refractivity contribution in [1.29, 1.82) is 0 Å². The first-order valence-corrected chi connectivity index (χ1v) is 7.45. The van der Waals surface area contributed by atoms with Gasteiger partial charge >= 0.3 is 7.60 Å². The van der Waals surface area contributed by atoms with Crippen molar-refractivity contribution >= 4 is 13.4 Å². The van der Waals surface area contributed by atoms with Crippen molar-refractivity contribution < 1.29 is 18.4 Å². The van der Waals surface area contributed by atoms with Crippen LogP contribution in [0.2, 0.25) is 0 Å². The minimum absolute atomic E-state index is 0.0388. The molecule has 5 heteroatoms. The summed E-state index contributed by atoms with van der Waals surface area (Å²) >= 11 is 0. The number of hydrogen-bond donors (Lipinski definition) is 0. The van der Waals surface area contributed by atoms with Crippen molar-refractivity contribution in [2.24, 2.45) is 5.92 Å². The molecule has 0 aromatic carbocycles. The summed E-state index contributed by atoms with van der Waals surface area (Å²) < 4.78 is 21.2. The molecule has 0 aliphatic heterocycles. The number of rotatable bonds is 9. The van der Waals surface area contributed by atoms with Gasteiger partial charge in [-0.05, 0) is 6.42 Å². The van der Waals surface area contributed by atoms with E-state index in [1.54, 1.807) is 0 Å². The van der Waals surface area contributed by atoms with Crippen LogP contribution in [-0.4, -0.2) is 26.2 Å². The highest BCUT2D eigenvalue weighted by Gasteiger charge is 2.27. The Hall–Kier alpha value is -0.180. The molecule has 0 aliphatic rings. The van der Waals surface area contributed by atoms with Gasteiger partial charge < -0.3 is 9.05 Å². The third-order valence-corrected chi connectivity index (χ3v) is 4.51. The standard InChI is InChI=1S/C11H23O4P/c1-5-6-7-8-10(2)11(12)9-16(13,14-3)15-4/h10H,5-9H2,1-4H3/t10-/m0/s1. The highest BCUT2D eigenvalue weighted by atomic mass is 31.2. The smallest absolute Gasteiger partial charge is 0.312 e. The monoisotopic (exact) mass is 250 g/mol. The molecule has 0 aromatic heterocycles. The molecule has 0 N–H and O–H groups in total. The number of hydrogen-bond acceptors (Lipinski definition) is 4. The fourth-order valence-electron chi connectivity index (χ4n) is 1.41. The maximum absolute atomic E-state index is 11.7. The maximum Gasteiger partial charge on any atom is 0.337 e. The van der Waals surface area contributed by atoms with Crippen molar-refractivity contribution in [1.82, 2.24) is 0 Å². The molecule has 0 bridgehead atoms. The van der Waals surface area contributed by atoms with Crippen molar-refractivity contribution in [3.8, 4) is 0 Å². The van der Waals surface area contributed by atoms with Crippen LogP contribution in [0.4, 0.5) is 0 Å². The van der Waals surface area contributed by atoms with E-state index in [0.29, 0.717) is 0 Å². The summed E-state index contributed by atoms with van der Waals surface area (Å²) in [7, 11) is -0.570. The zero-order valence-electron chi connectivity index (χ0n) is 10.7. The van der Waals surface area contributed by atoms with Crippen molar-refractivity contribution in [3.05, 3.63) is 0 Å². The fourth-order valence-corrected chi connectivity index (χ4v) is 2.51. The van der Waals surface area contributed by atoms with Crippen LogP contribution in [0.1, 0.15) is 39.5 Å². The van der Waals surface area contributed by atoms with Gasteiger partial charge in [0.1, 0.15) is 11.9 Å². The molecule has 1 atom stereocenters. The Kier molecular flexibility index (Phi) is 7.90. The first-order chi connectivity index (χ1) is 7.49. The first kappa shape index (κ1) is 15.8. The summed E-state index contributed by atoms with van der Waals surface area (Å²) in [6.07, 6.45) is 4.03. The number of carbonyl (C=O) groups is 1. The van der Waals surface area contributed by atoms with Gasteiger partial charge in [0.2, 0.25) is 0 Å². The molecule has 0 amide bonds. The average Bonchev–Trinajstić information content (AvgIpc) is 2.29. The average molecular weight is 250 g/mol. The fraction of sp³-hybridized carbons (Fsp3) is 0.909. The van der Waals surface area contributed by atoms with E-state index in [0.717, 1.165) is 25.7 Å². The Morgan fingerprint density at radius 3 is 2.25 bits per heavy atom. The van der Waals surface area contributed by atoms with Gasteiger partial charge in [-0.2, -0.15) is 0 Å². The van der Waals surface area contributed by atoms with Crippen LogP contribution < -0.4 is 0 Å². The second kappa shape index (κ2) is 7.99. The summed E-state index contributed by atoms with van der Waals surface area (Å²) in [6.45, 7) is 3.99. The molecule has 0 saturated heterocycles. The molecule has 0 heterocycles. The molecule has 0 fully saturated rings. The molecule has 0 aromatic rings. The molecular weight excluding hydrogens is 227 g/mol. The number of carbonyl (C=O) groups excluding carboxylic acids is 1. The van der Waals surface area contributed by atoms with Crippen molar-refractivity contribution in [2.45, 2.75) is 39.5 Å². The highest BCUT2D eigenvalue weighted by Crippen LogP contribution is 2.46. The topological polar surface area (TPSA) is 52.6 Å². The van der Waals surface area contributed by atoms with Crippen molar-refractivity contribution in [3.63, 3.8) is 0 Å². The normalized spacial score (nSPS) is 13.8. The van der Waals surface area contributed by atoms with E-state index in [1.807, 2.05) is 6.92 Å². The first-order valence-electron chi connectivity index (χ1n) is 5.72. The molecule has 96 valence electrons. The molecule has 0 radical (unpaired) electrons. The molecular formula is C11H23O4P. The van der Waals surface area contributed by atoms with Gasteiger partial charge in [-0.25, -0.2) is 0 Å². The predicted octanol–water partition coefficient (Wildman–Crippen LogP) is 3.26. The molecule has 0 rings (SSSR count). The second-order valence-corrected chi connectivity index (χ2v) is 6.27. The zero-order chi connectivity index (χ0) is 12.6. The molecule has 16 heavy (non-hydrogen) atoms. The van der Waals surface area contributed by atoms with Crippen LogP contribution in [0.5, 0.6) is 0 Å². The lowest BCUT2D eigenvalue weighted by atomic mass is 10.00. The van der Waals surface area contributed by atoms with E-state index in [1.165, 1.54) is 14.2 Å². The van der Waals surface area contributed by atoms with E-state index < -0.39 is 7.60 Å². The van der Waals surface area contributed by atoms with E-state index in [9.17, 15) is 9.36 Å². The van der Waals surface area contributed by atoms with Gasteiger partial charge in [0, 0.05) is 20.1 Å². The molecule has 0 unspecified atom stereocenters. The second-order valence-electron chi connectivity index (χ2n) is 4.00. The van der Waals surface area contributed by atoms with E-state index in [2.05, 4.69) is 6.92 Å². The van der Waals surface area contributed by atoms with Crippen LogP contribution >= 0.6 is 7.60 Å². The minimum Gasteiger partial charge on any atom is -0.312 e. The number of unbranched alkanes of at least 4 members (excludes halogenated alkanes) is 2. The third kappa shape index (κ3) is 5.78. The summed E-state index contributed by atoms with van der Waals surface area (Å²) in [6, 6.07) is 0. The molecule has 0 saturated carbocycles. The van der Waals surface area contributed by atoms with Crippen LogP contribution in [0, 0.1) is 5.92 Å². The molecule has 0 aliphatic carbocycles. The Balaban J connectivity index is 4.09. The quantitative estimate of drug-likeness (QED) is 0.465. The van der Waals surface area contributed by atoms with Crippen LogP contribution in [0.3, 0.4) is 0 Å². The lowest BCUT2D eigenvalue weighted by Gasteiger charge is -2.15. The lowest BCUT2D eigenvalue weighted by molar-refractivity contribution is -0.120. The Labute approximate surface area is 98.2 Å². The van der Waals surface area contributed by atoms with Gasteiger partial charge in [0.05, 0.1) is 0 Å². The Morgan fingerprint density at radius 2 is 1.81 bits per heavy atom. The van der Waals surface area contributed by atoms with Crippen LogP contribution in [-0.2, 0) is 18.4 Å². The van der Waals surface area contributed by atoms with Gasteiger partial charge in [0.15, 0.2) is 0 Å². The highest BCUT2D eigenvalue weighted by molar-refractivity contribution is 7.54. The molecule has 0 spiro atoms. The van der Waals surface area contributed by atoms with Gasteiger partial charge in [-0.15, -0.1) is 0 Å². The van der Waals surface area contributed by atoms with Gasteiger partial charge in [-0.3, -0.25) is 9.36 Å². The number of ketones is 1. The van der Waals surface area contributed by atoms with Crippen LogP contribution in [0.25, 0.3) is 0 Å². The summed E-state index contributed by atoms with van der Waals surface area (Å²) in [5.74, 6) is -0.103. The van der Waals surface area contributed by atoms with Gasteiger partial charge in [-0.1, -0.05) is 33.1 Å². The summed E-state index contributed by atoms with van der Waals surface area (Å²) in [5, 5.41) is 0. The van der Waals surface area contributed by atoms with Gasteiger partial charge in [0.25, 0.3) is 0 Å². The lowest BCUT2D eigenvalue weighted by Crippen LogP contribution is -2.16. The third-order valence-electron chi connectivity index (χ3n) is 2.70. The summed E-state index contributed by atoms with van der Waals surface area (Å²) in [5.41, 5.74) is 0. The van der Waals surface area contributed by atoms with Crippen LogP contribution in [0.15, 0.2) is 0 Å². The Bertz CT molecular complexity index is 244. The van der Waals surface area contributed by atoms with E-state index in [-0.39, 0.29) is 17.9 Å². The minimum atomic E-state index is -3.18. The zero-order valence-corrected chi connectivity index (χ0v) is 11.6. The predicted molar refractivity (Wildman–Crippen MR) is 64.8 cm³/mol. The number of Topliss-reactive ketones (excluding diaryl/α,β-unsaturated/α-hetero) is 1. The maximum atomic E-state index is 11.7. The van der Waals surface area contributed by atoms with Crippen molar-refractivity contribution in [2.75, 3.05) is 20.4 Å².